The molecule has 21 heavy (non-hydrogen) atoms. The molecular weight excluding hydrogens is 272 g/mol. The van der Waals surface area contributed by atoms with Gasteiger partial charge in [0.2, 0.25) is 5.78 Å². The Balaban J connectivity index is 2.57. The number of para-hydroxylation sites is 1. The van der Waals surface area contributed by atoms with Crippen molar-refractivity contribution >= 4 is 5.78 Å². The van der Waals surface area contributed by atoms with Crippen molar-refractivity contribution in [3.8, 4) is 17.2 Å². The van der Waals surface area contributed by atoms with Gasteiger partial charge in [-0.3, -0.25) is 9.48 Å². The van der Waals surface area contributed by atoms with Gasteiger partial charge in [0.05, 0.1) is 33.1 Å². The fourth-order valence-electron chi connectivity index (χ4n) is 2.18. The lowest BCUT2D eigenvalue weighted by molar-refractivity contribution is 0.102. The molecule has 1 heterocycles. The van der Waals surface area contributed by atoms with Gasteiger partial charge in [-0.25, -0.2) is 0 Å². The lowest BCUT2D eigenvalue weighted by Crippen LogP contribution is -2.13. The van der Waals surface area contributed by atoms with Crippen LogP contribution in [0.2, 0.25) is 0 Å². The molecule has 0 radical (unpaired) electrons. The van der Waals surface area contributed by atoms with Crippen molar-refractivity contribution in [3.05, 3.63) is 35.7 Å². The summed E-state index contributed by atoms with van der Waals surface area (Å²) in [6, 6.07) is 5.17. The van der Waals surface area contributed by atoms with Crippen LogP contribution >= 0.6 is 0 Å². The third-order valence-corrected chi connectivity index (χ3v) is 3.19. The number of ether oxygens (including phenoxy) is 3. The zero-order valence-electron chi connectivity index (χ0n) is 12.5. The molecule has 0 unspecified atom stereocenters. The summed E-state index contributed by atoms with van der Waals surface area (Å²) in [6.45, 7) is 2.47. The van der Waals surface area contributed by atoms with Crippen LogP contribution in [0.5, 0.6) is 17.2 Å². The van der Waals surface area contributed by atoms with Crippen LogP contribution in [0.4, 0.5) is 0 Å². The van der Waals surface area contributed by atoms with E-state index in [9.17, 15) is 4.79 Å². The van der Waals surface area contributed by atoms with Crippen molar-refractivity contribution in [1.82, 2.24) is 9.78 Å². The average molecular weight is 290 g/mol. The van der Waals surface area contributed by atoms with E-state index in [1.165, 1.54) is 27.5 Å². The molecule has 0 aliphatic heterocycles. The molecule has 1 aromatic heterocycles. The van der Waals surface area contributed by atoms with Crippen LogP contribution in [-0.4, -0.2) is 36.9 Å². The van der Waals surface area contributed by atoms with E-state index < -0.39 is 0 Å². The average Bonchev–Trinajstić information content (AvgIpc) is 2.96. The van der Waals surface area contributed by atoms with Gasteiger partial charge in [-0.15, -0.1) is 0 Å². The first-order valence-corrected chi connectivity index (χ1v) is 6.53. The fourth-order valence-corrected chi connectivity index (χ4v) is 2.18. The van der Waals surface area contributed by atoms with Gasteiger partial charge in [-0.2, -0.15) is 5.10 Å². The first kappa shape index (κ1) is 14.9. The number of ketones is 1. The van der Waals surface area contributed by atoms with Crippen molar-refractivity contribution in [1.29, 1.82) is 0 Å². The molecule has 0 N–H and O–H groups in total. The van der Waals surface area contributed by atoms with E-state index in [1.54, 1.807) is 22.9 Å². The fraction of sp³-hybridized carbons (Fsp3) is 0.333. The van der Waals surface area contributed by atoms with E-state index in [2.05, 4.69) is 5.10 Å². The third-order valence-electron chi connectivity index (χ3n) is 3.19. The van der Waals surface area contributed by atoms with Gasteiger partial charge in [0.25, 0.3) is 0 Å². The molecule has 0 bridgehead atoms. The lowest BCUT2D eigenvalue weighted by atomic mass is 10.1. The topological polar surface area (TPSA) is 62.6 Å². The van der Waals surface area contributed by atoms with Crippen LogP contribution in [0.25, 0.3) is 0 Å². The lowest BCUT2D eigenvalue weighted by Gasteiger charge is -2.12. The minimum Gasteiger partial charge on any atom is -0.493 e. The molecule has 0 aliphatic carbocycles. The summed E-state index contributed by atoms with van der Waals surface area (Å²) in [5.41, 5.74) is 0.803. The summed E-state index contributed by atoms with van der Waals surface area (Å²) in [6.07, 6.45) is 1.53. The Kier molecular flexibility index (Phi) is 4.47. The zero-order valence-corrected chi connectivity index (χ0v) is 12.5. The summed E-state index contributed by atoms with van der Waals surface area (Å²) in [5, 5.41) is 4.15. The Bertz CT molecular complexity index is 628. The number of methoxy groups -OCH3 is 3. The van der Waals surface area contributed by atoms with Crippen molar-refractivity contribution in [2.24, 2.45) is 0 Å². The first-order valence-electron chi connectivity index (χ1n) is 6.53. The van der Waals surface area contributed by atoms with E-state index in [1.807, 2.05) is 6.92 Å². The Morgan fingerprint density at radius 2 is 1.86 bits per heavy atom. The minimum atomic E-state index is -0.220. The summed E-state index contributed by atoms with van der Waals surface area (Å²) in [5.74, 6) is 1.12. The van der Waals surface area contributed by atoms with Crippen molar-refractivity contribution in [2.75, 3.05) is 21.3 Å². The molecule has 112 valence electrons. The number of carbonyl (C=O) groups is 1. The van der Waals surface area contributed by atoms with Gasteiger partial charge in [0.15, 0.2) is 22.9 Å². The number of hydrogen-bond donors (Lipinski definition) is 0. The number of benzene rings is 1. The Morgan fingerprint density at radius 3 is 2.43 bits per heavy atom. The highest BCUT2D eigenvalue weighted by Gasteiger charge is 2.24. The zero-order chi connectivity index (χ0) is 15.4. The second-order valence-electron chi connectivity index (χ2n) is 4.25. The molecule has 0 amide bonds. The Morgan fingerprint density at radius 1 is 1.14 bits per heavy atom. The van der Waals surface area contributed by atoms with Crippen molar-refractivity contribution in [2.45, 2.75) is 13.5 Å². The van der Waals surface area contributed by atoms with Crippen LogP contribution < -0.4 is 14.2 Å². The van der Waals surface area contributed by atoms with Crippen molar-refractivity contribution < 1.29 is 19.0 Å². The molecule has 6 heteroatoms. The molecule has 2 aromatic rings. The second-order valence-corrected chi connectivity index (χ2v) is 4.25. The number of aryl methyl sites for hydroxylation is 1. The predicted octanol–water partition coefficient (Wildman–Crippen LogP) is 2.16. The number of nitrogens with zero attached hydrogens (tertiary/aromatic N) is 2. The number of rotatable bonds is 6. The quantitative estimate of drug-likeness (QED) is 0.763. The highest BCUT2D eigenvalue weighted by atomic mass is 16.5. The SMILES string of the molecule is CCn1ncc(OC)c1C(=O)c1cccc(OC)c1OC. The molecule has 0 atom stereocenters. The minimum absolute atomic E-state index is 0.220. The second kappa shape index (κ2) is 6.30. The standard InChI is InChI=1S/C15H18N2O4/c1-5-17-13(12(20-3)9-16-17)14(18)10-7-6-8-11(19-2)15(10)21-4/h6-9H,5H2,1-4H3. The van der Waals surface area contributed by atoms with E-state index in [4.69, 9.17) is 14.2 Å². The molecule has 1 aromatic carbocycles. The van der Waals surface area contributed by atoms with E-state index in [-0.39, 0.29) is 5.78 Å². The highest BCUT2D eigenvalue weighted by molar-refractivity contribution is 6.11. The van der Waals surface area contributed by atoms with E-state index in [0.717, 1.165) is 0 Å². The third kappa shape index (κ3) is 2.56. The van der Waals surface area contributed by atoms with Gasteiger partial charge in [-0.05, 0) is 19.1 Å². The number of aromatic nitrogens is 2. The molecule has 0 fully saturated rings. The molecular formula is C15H18N2O4. The molecule has 0 aliphatic rings. The highest BCUT2D eigenvalue weighted by Crippen LogP contribution is 2.33. The summed E-state index contributed by atoms with van der Waals surface area (Å²) in [4.78, 5) is 12.8. The summed E-state index contributed by atoms with van der Waals surface area (Å²) in [7, 11) is 4.54. The smallest absolute Gasteiger partial charge is 0.218 e. The molecule has 0 saturated carbocycles. The monoisotopic (exact) mass is 290 g/mol. The predicted molar refractivity (Wildman–Crippen MR) is 77.4 cm³/mol. The van der Waals surface area contributed by atoms with Gasteiger partial charge in [-0.1, -0.05) is 6.07 Å². The van der Waals surface area contributed by atoms with E-state index in [0.29, 0.717) is 35.1 Å². The molecule has 0 saturated heterocycles. The maximum absolute atomic E-state index is 12.8. The maximum Gasteiger partial charge on any atom is 0.218 e. The maximum atomic E-state index is 12.8. The first-order chi connectivity index (χ1) is 10.2. The number of carbonyl (C=O) groups excluding carboxylic acids is 1. The normalized spacial score (nSPS) is 10.3. The van der Waals surface area contributed by atoms with Gasteiger partial charge in [0.1, 0.15) is 0 Å². The largest absolute Gasteiger partial charge is 0.493 e. The molecule has 0 spiro atoms. The van der Waals surface area contributed by atoms with Crippen LogP contribution in [0.3, 0.4) is 0 Å². The van der Waals surface area contributed by atoms with Crippen LogP contribution in [0, 0.1) is 0 Å². The van der Waals surface area contributed by atoms with Crippen LogP contribution in [0.15, 0.2) is 24.4 Å². The number of hydrogen-bond acceptors (Lipinski definition) is 5. The van der Waals surface area contributed by atoms with E-state index >= 15 is 0 Å². The van der Waals surface area contributed by atoms with Crippen molar-refractivity contribution in [3.63, 3.8) is 0 Å². The summed E-state index contributed by atoms with van der Waals surface area (Å²) >= 11 is 0. The van der Waals surface area contributed by atoms with Gasteiger partial charge < -0.3 is 14.2 Å². The molecule has 6 nitrogen and oxygen atoms in total. The van der Waals surface area contributed by atoms with Gasteiger partial charge >= 0.3 is 0 Å². The molecule has 2 rings (SSSR count). The van der Waals surface area contributed by atoms with Crippen LogP contribution in [-0.2, 0) is 6.54 Å². The van der Waals surface area contributed by atoms with Gasteiger partial charge in [0, 0.05) is 6.54 Å². The Labute approximate surface area is 123 Å². The summed E-state index contributed by atoms with van der Waals surface area (Å²) < 4.78 is 17.4. The van der Waals surface area contributed by atoms with Crippen LogP contribution in [0.1, 0.15) is 23.0 Å². The Hall–Kier alpha value is -2.50.